The number of allylic oxidation sites excluding steroid dienone is 2. The van der Waals surface area contributed by atoms with E-state index < -0.39 is 0 Å². The zero-order valence-electron chi connectivity index (χ0n) is 14.9. The van der Waals surface area contributed by atoms with Gasteiger partial charge in [0.25, 0.3) is 0 Å². The highest BCUT2D eigenvalue weighted by atomic mass is 16.1. The van der Waals surface area contributed by atoms with Crippen LogP contribution >= 0.6 is 0 Å². The van der Waals surface area contributed by atoms with E-state index in [0.717, 1.165) is 24.7 Å². The molecule has 3 saturated carbocycles. The van der Waals surface area contributed by atoms with Crippen LogP contribution < -0.4 is 0 Å². The van der Waals surface area contributed by atoms with E-state index >= 15 is 0 Å². The van der Waals surface area contributed by atoms with Gasteiger partial charge < -0.3 is 0 Å². The van der Waals surface area contributed by atoms with Crippen molar-refractivity contribution in [1.82, 2.24) is 0 Å². The Kier molecular flexibility index (Phi) is 3.05. The normalized spacial score (nSPS) is 49.9. The second-order valence-corrected chi connectivity index (χ2v) is 9.89. The Hall–Kier alpha value is -0.590. The average molecular weight is 300 g/mol. The summed E-state index contributed by atoms with van der Waals surface area (Å²) in [5.74, 6) is 2.77. The van der Waals surface area contributed by atoms with Crippen molar-refractivity contribution in [3.8, 4) is 0 Å². The summed E-state index contributed by atoms with van der Waals surface area (Å²) in [7, 11) is 0. The molecule has 5 atom stereocenters. The zero-order valence-corrected chi connectivity index (χ0v) is 14.9. The van der Waals surface area contributed by atoms with Crippen molar-refractivity contribution in [2.75, 3.05) is 0 Å². The van der Waals surface area contributed by atoms with Crippen LogP contribution in [0.1, 0.15) is 79.1 Å². The SMILES string of the molecule is CC1(C)CCCC2=CC[C@H]3[C@@H]4CC(=O)C[C@@]4(C)CC[C@@H]3[C@]21C. The summed E-state index contributed by atoms with van der Waals surface area (Å²) in [6, 6.07) is 0. The maximum atomic E-state index is 12.2. The number of fused-ring (bicyclic) bond motifs is 5. The molecule has 0 radical (unpaired) electrons. The summed E-state index contributed by atoms with van der Waals surface area (Å²) in [6.45, 7) is 10.0. The molecule has 1 nitrogen and oxygen atoms in total. The topological polar surface area (TPSA) is 17.1 Å². The first kappa shape index (κ1) is 15.0. The van der Waals surface area contributed by atoms with Gasteiger partial charge in [-0.1, -0.05) is 39.3 Å². The Labute approximate surface area is 135 Å². The molecule has 3 fully saturated rings. The Morgan fingerprint density at radius 3 is 2.64 bits per heavy atom. The van der Waals surface area contributed by atoms with Crippen LogP contribution in [0.25, 0.3) is 0 Å². The maximum absolute atomic E-state index is 12.2. The molecule has 4 aliphatic rings. The lowest BCUT2D eigenvalue weighted by Crippen LogP contribution is -2.54. The van der Waals surface area contributed by atoms with E-state index in [-0.39, 0.29) is 0 Å². The van der Waals surface area contributed by atoms with Crippen molar-refractivity contribution < 1.29 is 4.79 Å². The summed E-state index contributed by atoms with van der Waals surface area (Å²) in [6.07, 6.45) is 12.3. The van der Waals surface area contributed by atoms with Crippen molar-refractivity contribution >= 4 is 5.78 Å². The van der Waals surface area contributed by atoms with Gasteiger partial charge in [-0.2, -0.15) is 0 Å². The molecule has 22 heavy (non-hydrogen) atoms. The maximum Gasteiger partial charge on any atom is 0.133 e. The minimum absolute atomic E-state index is 0.318. The molecule has 0 spiro atoms. The molecular weight excluding hydrogens is 268 g/mol. The molecule has 0 N–H and O–H groups in total. The molecule has 0 heterocycles. The van der Waals surface area contributed by atoms with E-state index in [0.29, 0.717) is 27.9 Å². The fraction of sp³-hybridized carbons (Fsp3) is 0.857. The number of carbonyl (C=O) groups excluding carboxylic acids is 1. The van der Waals surface area contributed by atoms with Gasteiger partial charge in [-0.25, -0.2) is 0 Å². The van der Waals surface area contributed by atoms with Crippen LogP contribution in [0.3, 0.4) is 0 Å². The minimum Gasteiger partial charge on any atom is -0.300 e. The van der Waals surface area contributed by atoms with Crippen LogP contribution in [0.4, 0.5) is 0 Å². The summed E-state index contributed by atoms with van der Waals surface area (Å²) in [5.41, 5.74) is 2.87. The van der Waals surface area contributed by atoms with Crippen molar-refractivity contribution in [2.45, 2.75) is 79.1 Å². The first-order valence-corrected chi connectivity index (χ1v) is 9.49. The highest BCUT2D eigenvalue weighted by molar-refractivity contribution is 5.82. The second kappa shape index (κ2) is 4.48. The van der Waals surface area contributed by atoms with Crippen LogP contribution in [0, 0.1) is 34.0 Å². The van der Waals surface area contributed by atoms with Crippen molar-refractivity contribution in [3.05, 3.63) is 11.6 Å². The van der Waals surface area contributed by atoms with Crippen molar-refractivity contribution in [2.24, 2.45) is 34.0 Å². The van der Waals surface area contributed by atoms with Crippen LogP contribution in [0.15, 0.2) is 11.6 Å². The first-order chi connectivity index (χ1) is 10.3. The predicted molar refractivity (Wildman–Crippen MR) is 90.5 cm³/mol. The summed E-state index contributed by atoms with van der Waals surface area (Å²) in [5, 5.41) is 0. The molecule has 0 aromatic carbocycles. The van der Waals surface area contributed by atoms with Crippen LogP contribution in [-0.2, 0) is 4.79 Å². The quantitative estimate of drug-likeness (QED) is 0.536. The number of hydrogen-bond acceptors (Lipinski definition) is 1. The van der Waals surface area contributed by atoms with Crippen LogP contribution in [0.5, 0.6) is 0 Å². The highest BCUT2D eigenvalue weighted by Gasteiger charge is 2.60. The van der Waals surface area contributed by atoms with Gasteiger partial charge in [-0.05, 0) is 72.5 Å². The van der Waals surface area contributed by atoms with E-state index in [1.54, 1.807) is 5.57 Å². The van der Waals surface area contributed by atoms with E-state index in [4.69, 9.17) is 0 Å². The van der Waals surface area contributed by atoms with Gasteiger partial charge in [-0.15, -0.1) is 0 Å². The molecule has 122 valence electrons. The number of Topliss-reactive ketones (excluding diaryl/α,β-unsaturated/α-hetero) is 1. The molecule has 0 aromatic heterocycles. The van der Waals surface area contributed by atoms with Gasteiger partial charge in [-0.3, -0.25) is 4.79 Å². The smallest absolute Gasteiger partial charge is 0.133 e. The molecule has 0 bridgehead atoms. The molecular formula is C21H32O. The van der Waals surface area contributed by atoms with Gasteiger partial charge in [0, 0.05) is 12.8 Å². The van der Waals surface area contributed by atoms with E-state index in [1.165, 1.54) is 38.5 Å². The van der Waals surface area contributed by atoms with E-state index in [9.17, 15) is 4.79 Å². The van der Waals surface area contributed by atoms with Crippen molar-refractivity contribution in [3.63, 3.8) is 0 Å². The molecule has 0 amide bonds. The Morgan fingerprint density at radius 2 is 1.86 bits per heavy atom. The number of hydrogen-bond donors (Lipinski definition) is 0. The third kappa shape index (κ3) is 1.74. The van der Waals surface area contributed by atoms with E-state index in [1.807, 2.05) is 0 Å². The molecule has 4 aliphatic carbocycles. The minimum atomic E-state index is 0.318. The largest absolute Gasteiger partial charge is 0.300 e. The monoisotopic (exact) mass is 300 g/mol. The summed E-state index contributed by atoms with van der Waals surface area (Å²) >= 11 is 0. The lowest BCUT2D eigenvalue weighted by molar-refractivity contribution is -0.118. The Balaban J connectivity index is 1.76. The predicted octanol–water partition coefficient (Wildman–Crippen LogP) is 5.54. The van der Waals surface area contributed by atoms with Gasteiger partial charge >= 0.3 is 0 Å². The lowest BCUT2D eigenvalue weighted by atomic mass is 9.42. The lowest BCUT2D eigenvalue weighted by Gasteiger charge is -2.62. The Bertz CT molecular complexity index is 542. The number of carbonyl (C=O) groups is 1. The van der Waals surface area contributed by atoms with Gasteiger partial charge in [0.15, 0.2) is 0 Å². The number of rotatable bonds is 0. The van der Waals surface area contributed by atoms with Crippen LogP contribution in [0.2, 0.25) is 0 Å². The molecule has 0 aromatic rings. The molecule has 0 saturated heterocycles. The summed E-state index contributed by atoms with van der Waals surface area (Å²) in [4.78, 5) is 12.2. The average Bonchev–Trinajstić information content (AvgIpc) is 2.74. The van der Waals surface area contributed by atoms with E-state index in [2.05, 4.69) is 33.8 Å². The van der Waals surface area contributed by atoms with Gasteiger partial charge in [0.2, 0.25) is 0 Å². The molecule has 0 aliphatic heterocycles. The fourth-order valence-electron chi connectivity index (χ4n) is 7.12. The fourth-order valence-corrected chi connectivity index (χ4v) is 7.12. The Morgan fingerprint density at radius 1 is 1.09 bits per heavy atom. The number of ketones is 1. The molecule has 1 heteroatoms. The highest BCUT2D eigenvalue weighted by Crippen LogP contribution is 2.68. The van der Waals surface area contributed by atoms with Gasteiger partial charge in [0.05, 0.1) is 0 Å². The second-order valence-electron chi connectivity index (χ2n) is 9.89. The molecule has 4 rings (SSSR count). The third-order valence-corrected chi connectivity index (χ3v) is 8.70. The standard InChI is InChI=1S/C21H32O/c1-19(2)10-5-6-14-7-8-16-17(21(14,19)4)9-11-20(3)13-15(22)12-18(16)20/h7,16-18H,5-6,8-13H2,1-4H3/t16-,17+,18+,20-,21+/m1/s1. The van der Waals surface area contributed by atoms with Crippen molar-refractivity contribution in [1.29, 1.82) is 0 Å². The third-order valence-electron chi connectivity index (χ3n) is 8.70. The van der Waals surface area contributed by atoms with Crippen LogP contribution in [-0.4, -0.2) is 5.78 Å². The first-order valence-electron chi connectivity index (χ1n) is 9.49. The zero-order chi connectivity index (χ0) is 15.8. The van der Waals surface area contributed by atoms with Gasteiger partial charge in [0.1, 0.15) is 5.78 Å². The molecule has 0 unspecified atom stereocenters. The summed E-state index contributed by atoms with van der Waals surface area (Å²) < 4.78 is 0.